The zero-order chi connectivity index (χ0) is 31.7. The van der Waals surface area contributed by atoms with Crippen molar-refractivity contribution in [3.8, 4) is 0 Å². The van der Waals surface area contributed by atoms with Crippen LogP contribution in [0.15, 0.2) is 49.1 Å². The molecule has 2 aliphatic heterocycles. The molecule has 2 aromatic rings. The van der Waals surface area contributed by atoms with Crippen LogP contribution in [-0.2, 0) is 32.0 Å². The predicted octanol–water partition coefficient (Wildman–Crippen LogP) is -3.35. The highest BCUT2D eigenvalue weighted by molar-refractivity contribution is 7.61. The molecule has 0 radical (unpaired) electrons. The first kappa shape index (κ1) is 33.2. The molecule has 2 aliphatic rings. The number of rotatable bonds is 12. The quantitative estimate of drug-likeness (QED) is 0.0821. The molecule has 10 atom stereocenters. The molecule has 43 heavy (non-hydrogen) atoms. The van der Waals surface area contributed by atoms with Gasteiger partial charge in [0.25, 0.3) is 24.3 Å². The average molecular weight is 652 g/mol. The molecule has 19 nitrogen and oxygen atoms in total. The maximum atomic E-state index is 12.4. The van der Waals surface area contributed by atoms with Gasteiger partial charge in [-0.25, -0.2) is 9.13 Å². The Labute approximate surface area is 242 Å². The third-order valence-electron chi connectivity index (χ3n) is 6.49. The van der Waals surface area contributed by atoms with E-state index in [1.54, 1.807) is 0 Å². The van der Waals surface area contributed by atoms with Crippen LogP contribution in [-0.4, -0.2) is 91.9 Å². The van der Waals surface area contributed by atoms with Gasteiger partial charge in [0.15, 0.2) is 37.0 Å². The van der Waals surface area contributed by atoms with Crippen LogP contribution in [0.1, 0.15) is 33.2 Å². The number of phosphoric acid groups is 2. The summed E-state index contributed by atoms with van der Waals surface area (Å²) < 4.78 is 51.7. The number of phosphoric ester groups is 2. The number of carbonyl (C=O) groups is 2. The van der Waals surface area contributed by atoms with Gasteiger partial charge in [-0.05, 0) is 12.1 Å². The zero-order valence-electron chi connectivity index (χ0n) is 22.0. The van der Waals surface area contributed by atoms with Crippen molar-refractivity contribution in [3.05, 3.63) is 60.2 Å². The van der Waals surface area contributed by atoms with Crippen LogP contribution >= 0.6 is 15.6 Å². The highest BCUT2D eigenvalue weighted by Crippen LogP contribution is 2.60. The number of ether oxygens (including phenoxy) is 2. The molecule has 2 aromatic heterocycles. The number of nitrogens with zero attached hydrogens (tertiary/aromatic N) is 2. The molecule has 4 rings (SSSR count). The number of primary amides is 2. The van der Waals surface area contributed by atoms with E-state index >= 15 is 0 Å². The third-order valence-corrected chi connectivity index (χ3v) is 9.09. The van der Waals surface area contributed by atoms with Gasteiger partial charge in [-0.2, -0.15) is 13.4 Å². The van der Waals surface area contributed by atoms with Crippen LogP contribution in [0.2, 0.25) is 0 Å². The van der Waals surface area contributed by atoms with Crippen LogP contribution in [0.4, 0.5) is 0 Å². The lowest BCUT2D eigenvalue weighted by molar-refractivity contribution is -0.766. The van der Waals surface area contributed by atoms with E-state index in [0.717, 1.165) is 0 Å². The van der Waals surface area contributed by atoms with Gasteiger partial charge in [0, 0.05) is 12.1 Å². The second-order valence-corrected chi connectivity index (χ2v) is 12.6. The van der Waals surface area contributed by atoms with Gasteiger partial charge in [0.1, 0.15) is 35.5 Å². The Kier molecular flexibility index (Phi) is 10.1. The van der Waals surface area contributed by atoms with Gasteiger partial charge in [-0.1, -0.05) is 0 Å². The number of aromatic nitrogens is 2. The van der Waals surface area contributed by atoms with E-state index in [4.69, 9.17) is 20.9 Å². The normalized spacial score (nSPS) is 31.8. The van der Waals surface area contributed by atoms with Gasteiger partial charge in [-0.15, -0.1) is 0 Å². The Morgan fingerprint density at radius 1 is 0.744 bits per heavy atom. The smallest absolute Gasteiger partial charge is 0.387 e. The van der Waals surface area contributed by atoms with E-state index in [2.05, 4.69) is 13.4 Å². The van der Waals surface area contributed by atoms with Gasteiger partial charge < -0.3 is 51.2 Å². The van der Waals surface area contributed by atoms with E-state index in [-0.39, 0.29) is 11.1 Å². The summed E-state index contributed by atoms with van der Waals surface area (Å²) in [7, 11) is -10.7. The molecule has 2 amide bonds. The summed E-state index contributed by atoms with van der Waals surface area (Å²) in [5.41, 5.74) is 10.6. The van der Waals surface area contributed by atoms with Crippen molar-refractivity contribution in [1.82, 2.24) is 0 Å². The Hall–Kier alpha value is -2.74. The molecular weight excluding hydrogens is 622 g/mol. The second-order valence-electron chi connectivity index (χ2n) is 9.51. The Morgan fingerprint density at radius 3 is 1.47 bits per heavy atom. The molecule has 2 fully saturated rings. The fourth-order valence-electron chi connectivity index (χ4n) is 4.33. The van der Waals surface area contributed by atoms with Crippen molar-refractivity contribution in [2.24, 2.45) is 11.5 Å². The minimum atomic E-state index is -5.37. The van der Waals surface area contributed by atoms with Crippen molar-refractivity contribution in [2.45, 2.75) is 49.1 Å². The fraction of sp³-hybridized carbons (Fsp3) is 0.455. The monoisotopic (exact) mass is 652 g/mol. The lowest BCUT2D eigenvalue weighted by Crippen LogP contribution is -2.46. The van der Waals surface area contributed by atoms with E-state index < -0.39 is 89.8 Å². The van der Waals surface area contributed by atoms with Crippen LogP contribution in [0, 0.1) is 0 Å². The zero-order valence-corrected chi connectivity index (χ0v) is 23.7. The molecule has 0 bridgehead atoms. The standard InChI is InChI=1S/C22H28N4O15P2/c23-19(31)11-3-1-5-25(7-11)21-17(29)15(27)13(39-21)9-37-42(33,34)41-43(35,36)38-10-14-16(28)18(30)22(40-14)26-6-2-4-12(8-26)20(24)32/h1-8,13-18,21-22,27-30H,9-10H2,(H4-2,23,24,31,32,33,34,35,36)/p+2/t13-,14?,15-,16-,17-,18-,21-,22-/m1/s1. The first-order chi connectivity index (χ1) is 20.1. The average Bonchev–Trinajstić information content (AvgIpc) is 3.40. The number of carbonyl (C=O) groups excluding carboxylic acids is 2. The number of amides is 2. The fourth-order valence-corrected chi connectivity index (χ4v) is 6.42. The number of nitrogens with two attached hydrogens (primary N) is 2. The summed E-state index contributed by atoms with van der Waals surface area (Å²) in [5.74, 6) is -1.54. The summed E-state index contributed by atoms with van der Waals surface area (Å²) in [6.45, 7) is -1.81. The van der Waals surface area contributed by atoms with Crippen molar-refractivity contribution in [1.29, 1.82) is 0 Å². The minimum Gasteiger partial charge on any atom is -0.387 e. The number of pyridine rings is 2. The lowest BCUT2D eigenvalue weighted by atomic mass is 10.1. The number of hydrogen-bond acceptors (Lipinski definition) is 13. The molecule has 236 valence electrons. The van der Waals surface area contributed by atoms with Gasteiger partial charge in [-0.3, -0.25) is 18.6 Å². The van der Waals surface area contributed by atoms with Gasteiger partial charge in [0.05, 0.1) is 13.2 Å². The van der Waals surface area contributed by atoms with E-state index in [1.807, 2.05) is 0 Å². The summed E-state index contributed by atoms with van der Waals surface area (Å²) in [6.07, 6.45) is -6.57. The van der Waals surface area contributed by atoms with Gasteiger partial charge >= 0.3 is 15.6 Å². The summed E-state index contributed by atoms with van der Waals surface area (Å²) >= 11 is 0. The highest BCUT2D eigenvalue weighted by atomic mass is 31.3. The second kappa shape index (κ2) is 13.1. The molecule has 21 heteroatoms. The first-order valence-corrected chi connectivity index (χ1v) is 15.4. The molecular formula is C22H30N4O15P2+2. The highest BCUT2D eigenvalue weighted by Gasteiger charge is 2.51. The SMILES string of the molecule is NC(=O)c1ccc[n+]([C@@H]2O[C@H](COP(=O)(O)OP(=O)(O)OCC3O[C@@H]([n+]4cccc(C(N)=O)c4)[C@H](O)[C@@H]3O)[C@@H](O)[C@H]2O)c1. The van der Waals surface area contributed by atoms with Gasteiger partial charge in [0.2, 0.25) is 0 Å². The number of aliphatic hydroxyl groups excluding tert-OH is 4. The Morgan fingerprint density at radius 2 is 1.12 bits per heavy atom. The molecule has 0 aromatic carbocycles. The molecule has 0 spiro atoms. The van der Waals surface area contributed by atoms with Crippen LogP contribution < -0.4 is 20.6 Å². The van der Waals surface area contributed by atoms with Crippen molar-refractivity contribution >= 4 is 27.5 Å². The number of hydrogen-bond donors (Lipinski definition) is 8. The van der Waals surface area contributed by atoms with E-state index in [1.165, 1.54) is 58.2 Å². The molecule has 4 heterocycles. The minimum absolute atomic E-state index is 0.0658. The summed E-state index contributed by atoms with van der Waals surface area (Å²) in [4.78, 5) is 42.8. The van der Waals surface area contributed by atoms with Crippen molar-refractivity contribution in [3.63, 3.8) is 0 Å². The van der Waals surface area contributed by atoms with E-state index in [0.29, 0.717) is 0 Å². The third kappa shape index (κ3) is 7.86. The largest absolute Gasteiger partial charge is 0.481 e. The lowest BCUT2D eigenvalue weighted by Gasteiger charge is -2.20. The van der Waals surface area contributed by atoms with Crippen LogP contribution in [0.25, 0.3) is 0 Å². The van der Waals surface area contributed by atoms with Crippen LogP contribution in [0.5, 0.6) is 0 Å². The Balaban J connectivity index is 1.31. The first-order valence-electron chi connectivity index (χ1n) is 12.4. The molecule has 2 saturated heterocycles. The van der Waals surface area contributed by atoms with E-state index in [9.17, 15) is 48.9 Å². The maximum absolute atomic E-state index is 12.4. The summed E-state index contributed by atoms with van der Waals surface area (Å²) in [6, 6.07) is 5.65. The van der Waals surface area contributed by atoms with Crippen molar-refractivity contribution in [2.75, 3.05) is 13.2 Å². The number of aliphatic hydroxyl groups is 4. The van der Waals surface area contributed by atoms with Crippen molar-refractivity contribution < 1.29 is 80.9 Å². The Bertz CT molecular complexity index is 1340. The predicted molar refractivity (Wildman–Crippen MR) is 135 cm³/mol. The molecule has 3 unspecified atom stereocenters. The molecule has 10 N–H and O–H groups in total. The summed E-state index contributed by atoms with van der Waals surface area (Å²) in [5, 5.41) is 41.3. The maximum Gasteiger partial charge on any atom is 0.481 e. The molecule has 0 aliphatic carbocycles. The topological polar surface area (TPSA) is 296 Å². The molecule has 0 saturated carbocycles. The van der Waals surface area contributed by atoms with Crippen LogP contribution in [0.3, 0.4) is 0 Å².